The van der Waals surface area contributed by atoms with Gasteiger partial charge in [0.25, 0.3) is 0 Å². The van der Waals surface area contributed by atoms with E-state index in [0.29, 0.717) is 12.3 Å². The molecule has 0 saturated carbocycles. The van der Waals surface area contributed by atoms with Crippen molar-refractivity contribution in [3.63, 3.8) is 0 Å². The Labute approximate surface area is 106 Å². The van der Waals surface area contributed by atoms with Gasteiger partial charge in [-0.15, -0.1) is 0 Å². The first kappa shape index (κ1) is 11.1. The van der Waals surface area contributed by atoms with Crippen molar-refractivity contribution in [3.8, 4) is 0 Å². The van der Waals surface area contributed by atoms with Crippen molar-refractivity contribution in [1.82, 2.24) is 15.1 Å². The molecule has 3 rings (SSSR count). The Hall–Kier alpha value is -1.97. The van der Waals surface area contributed by atoms with E-state index >= 15 is 0 Å². The molecule has 0 spiro atoms. The van der Waals surface area contributed by atoms with Crippen LogP contribution in [0, 0.1) is 0 Å². The topological polar surface area (TPSA) is 51.8 Å². The lowest BCUT2D eigenvalue weighted by atomic mass is 9.94. The zero-order valence-corrected chi connectivity index (χ0v) is 10.1. The number of hydrogen-bond donors (Lipinski definition) is 0. The van der Waals surface area contributed by atoms with E-state index in [2.05, 4.69) is 27.3 Å². The van der Waals surface area contributed by atoms with Crippen LogP contribution in [0.3, 0.4) is 0 Å². The van der Waals surface area contributed by atoms with Gasteiger partial charge < -0.3 is 4.52 Å². The van der Waals surface area contributed by atoms with Gasteiger partial charge in [0, 0.05) is 24.7 Å². The van der Waals surface area contributed by atoms with Crippen LogP contribution in [-0.4, -0.2) is 15.1 Å². The van der Waals surface area contributed by atoms with Crippen molar-refractivity contribution in [2.45, 2.75) is 31.6 Å². The summed E-state index contributed by atoms with van der Waals surface area (Å²) in [6, 6.07) is 3.94. The SMILES string of the molecule is C1=CCC(c2nc(Cc3cccnc3)no2)CC1. The zero-order chi connectivity index (χ0) is 12.2. The van der Waals surface area contributed by atoms with E-state index in [0.717, 1.165) is 36.5 Å². The fourth-order valence-electron chi connectivity index (χ4n) is 2.21. The van der Waals surface area contributed by atoms with E-state index in [9.17, 15) is 0 Å². The lowest BCUT2D eigenvalue weighted by molar-refractivity contribution is 0.341. The number of aromatic nitrogens is 3. The lowest BCUT2D eigenvalue weighted by Gasteiger charge is -2.12. The van der Waals surface area contributed by atoms with Crippen LogP contribution in [0.2, 0.25) is 0 Å². The molecule has 1 aliphatic rings. The summed E-state index contributed by atoms with van der Waals surface area (Å²) in [6.45, 7) is 0. The van der Waals surface area contributed by atoms with Gasteiger partial charge in [-0.05, 0) is 30.9 Å². The molecule has 4 nitrogen and oxygen atoms in total. The van der Waals surface area contributed by atoms with Crippen LogP contribution in [0.15, 0.2) is 41.2 Å². The number of hydrogen-bond acceptors (Lipinski definition) is 4. The van der Waals surface area contributed by atoms with Crippen LogP contribution in [0.4, 0.5) is 0 Å². The molecule has 1 aliphatic carbocycles. The number of pyridine rings is 1. The highest BCUT2D eigenvalue weighted by molar-refractivity contribution is 5.14. The van der Waals surface area contributed by atoms with Crippen LogP contribution >= 0.6 is 0 Å². The summed E-state index contributed by atoms with van der Waals surface area (Å²) in [5, 5.41) is 4.05. The highest BCUT2D eigenvalue weighted by Gasteiger charge is 2.19. The van der Waals surface area contributed by atoms with Crippen molar-refractivity contribution >= 4 is 0 Å². The fraction of sp³-hybridized carbons (Fsp3) is 0.357. The van der Waals surface area contributed by atoms with Crippen LogP contribution in [0.25, 0.3) is 0 Å². The van der Waals surface area contributed by atoms with Gasteiger partial charge in [0.1, 0.15) is 0 Å². The minimum atomic E-state index is 0.394. The Balaban J connectivity index is 1.71. The average Bonchev–Trinajstić information content (AvgIpc) is 2.89. The summed E-state index contributed by atoms with van der Waals surface area (Å²) < 4.78 is 5.36. The summed E-state index contributed by atoms with van der Waals surface area (Å²) >= 11 is 0. The molecule has 0 bridgehead atoms. The summed E-state index contributed by atoms with van der Waals surface area (Å²) in [4.78, 5) is 8.57. The maximum absolute atomic E-state index is 5.36. The molecule has 2 aromatic rings. The van der Waals surface area contributed by atoms with Crippen molar-refractivity contribution in [1.29, 1.82) is 0 Å². The van der Waals surface area contributed by atoms with Crippen molar-refractivity contribution < 1.29 is 4.52 Å². The molecule has 2 heterocycles. The van der Waals surface area contributed by atoms with Crippen LogP contribution < -0.4 is 0 Å². The molecule has 92 valence electrons. The highest BCUT2D eigenvalue weighted by atomic mass is 16.5. The molecule has 0 amide bonds. The summed E-state index contributed by atoms with van der Waals surface area (Å²) in [5.74, 6) is 1.91. The molecular formula is C14H15N3O. The van der Waals surface area contributed by atoms with E-state index in [1.165, 1.54) is 0 Å². The predicted molar refractivity (Wildman–Crippen MR) is 67.1 cm³/mol. The third-order valence-electron chi connectivity index (χ3n) is 3.19. The number of rotatable bonds is 3. The standard InChI is InChI=1S/C14H15N3O/c1-2-6-12(7-3-1)14-16-13(17-18-14)9-11-5-4-8-15-10-11/h1-2,4-5,8,10,12H,3,6-7,9H2. The molecule has 1 atom stereocenters. The largest absolute Gasteiger partial charge is 0.339 e. The third-order valence-corrected chi connectivity index (χ3v) is 3.19. The Morgan fingerprint density at radius 2 is 2.33 bits per heavy atom. The molecule has 0 aliphatic heterocycles. The van der Waals surface area contributed by atoms with Gasteiger partial charge in [0.15, 0.2) is 5.82 Å². The van der Waals surface area contributed by atoms with Gasteiger partial charge in [-0.3, -0.25) is 4.98 Å². The maximum Gasteiger partial charge on any atom is 0.230 e. The van der Waals surface area contributed by atoms with Gasteiger partial charge in [-0.2, -0.15) is 4.98 Å². The molecule has 0 aromatic carbocycles. The molecular weight excluding hydrogens is 226 g/mol. The Morgan fingerprint density at radius 1 is 1.33 bits per heavy atom. The first-order chi connectivity index (χ1) is 8.92. The Bertz CT molecular complexity index is 533. The van der Waals surface area contributed by atoms with Crippen LogP contribution in [0.1, 0.15) is 42.5 Å². The number of nitrogens with zero attached hydrogens (tertiary/aromatic N) is 3. The zero-order valence-electron chi connectivity index (χ0n) is 10.1. The average molecular weight is 241 g/mol. The Morgan fingerprint density at radius 3 is 3.11 bits per heavy atom. The summed E-state index contributed by atoms with van der Waals surface area (Å²) in [5.41, 5.74) is 1.10. The Kier molecular flexibility index (Phi) is 3.17. The normalized spacial score (nSPS) is 19.0. The third kappa shape index (κ3) is 2.47. The van der Waals surface area contributed by atoms with E-state index in [4.69, 9.17) is 4.52 Å². The molecule has 18 heavy (non-hydrogen) atoms. The molecule has 0 radical (unpaired) electrons. The van der Waals surface area contributed by atoms with Gasteiger partial charge in [0.2, 0.25) is 5.89 Å². The highest BCUT2D eigenvalue weighted by Crippen LogP contribution is 2.27. The summed E-state index contributed by atoms with van der Waals surface area (Å²) in [6.07, 6.45) is 11.9. The second-order valence-corrected chi connectivity index (χ2v) is 4.57. The van der Waals surface area contributed by atoms with Gasteiger partial charge in [0.05, 0.1) is 0 Å². The van der Waals surface area contributed by atoms with Crippen LogP contribution in [-0.2, 0) is 6.42 Å². The minimum Gasteiger partial charge on any atom is -0.339 e. The van der Waals surface area contributed by atoms with Crippen molar-refractivity contribution in [3.05, 3.63) is 54.0 Å². The van der Waals surface area contributed by atoms with Crippen molar-refractivity contribution in [2.24, 2.45) is 0 Å². The van der Waals surface area contributed by atoms with E-state index in [1.807, 2.05) is 18.3 Å². The minimum absolute atomic E-state index is 0.394. The first-order valence-corrected chi connectivity index (χ1v) is 6.28. The molecule has 4 heteroatoms. The quantitative estimate of drug-likeness (QED) is 0.775. The van der Waals surface area contributed by atoms with Crippen LogP contribution in [0.5, 0.6) is 0 Å². The second kappa shape index (κ2) is 5.12. The van der Waals surface area contributed by atoms with E-state index in [1.54, 1.807) is 6.20 Å². The van der Waals surface area contributed by atoms with Gasteiger partial charge in [-0.1, -0.05) is 23.4 Å². The maximum atomic E-state index is 5.36. The summed E-state index contributed by atoms with van der Waals surface area (Å²) in [7, 11) is 0. The number of allylic oxidation sites excluding steroid dienone is 2. The van der Waals surface area contributed by atoms with Gasteiger partial charge >= 0.3 is 0 Å². The van der Waals surface area contributed by atoms with Crippen molar-refractivity contribution in [2.75, 3.05) is 0 Å². The van der Waals surface area contributed by atoms with Gasteiger partial charge in [-0.25, -0.2) is 0 Å². The fourth-order valence-corrected chi connectivity index (χ4v) is 2.21. The monoisotopic (exact) mass is 241 g/mol. The molecule has 0 saturated heterocycles. The molecule has 0 fully saturated rings. The lowest BCUT2D eigenvalue weighted by Crippen LogP contribution is -2.01. The molecule has 0 N–H and O–H groups in total. The predicted octanol–water partition coefficient (Wildman–Crippen LogP) is 2.88. The van der Waals surface area contributed by atoms with E-state index < -0.39 is 0 Å². The van der Waals surface area contributed by atoms with E-state index in [-0.39, 0.29) is 0 Å². The molecule has 1 unspecified atom stereocenters. The second-order valence-electron chi connectivity index (χ2n) is 4.57. The molecule has 2 aromatic heterocycles. The smallest absolute Gasteiger partial charge is 0.230 e. The first-order valence-electron chi connectivity index (χ1n) is 6.28.